The van der Waals surface area contributed by atoms with E-state index in [2.05, 4.69) is 27.6 Å². The number of hydrogen-bond donors (Lipinski definition) is 1. The molecule has 184 valence electrons. The van der Waals surface area contributed by atoms with E-state index in [0.29, 0.717) is 42.9 Å². The van der Waals surface area contributed by atoms with Crippen LogP contribution in [0.5, 0.6) is 11.5 Å². The Balaban J connectivity index is 1.17. The first-order chi connectivity index (χ1) is 17.2. The molecule has 0 saturated carbocycles. The van der Waals surface area contributed by atoms with E-state index in [1.54, 1.807) is 7.11 Å². The summed E-state index contributed by atoms with van der Waals surface area (Å²) in [6.07, 6.45) is 3.48. The first-order valence-electron chi connectivity index (χ1n) is 12.4. The molecular weight excluding hydrogens is 444 g/mol. The molecule has 0 spiro atoms. The maximum absolute atomic E-state index is 13.1. The second kappa shape index (κ2) is 10.5. The van der Waals surface area contributed by atoms with Crippen molar-refractivity contribution in [2.75, 3.05) is 26.8 Å². The van der Waals surface area contributed by atoms with Gasteiger partial charge in [-0.1, -0.05) is 35.5 Å². The van der Waals surface area contributed by atoms with Gasteiger partial charge in [0.25, 0.3) is 0 Å². The number of rotatable bonds is 7. The van der Waals surface area contributed by atoms with Crippen LogP contribution >= 0.6 is 0 Å². The van der Waals surface area contributed by atoms with Crippen LogP contribution in [0.4, 0.5) is 0 Å². The third-order valence-electron chi connectivity index (χ3n) is 6.97. The summed E-state index contributed by atoms with van der Waals surface area (Å²) in [4.78, 5) is 19.8. The highest BCUT2D eigenvalue weighted by Gasteiger charge is 2.35. The number of benzene rings is 2. The highest BCUT2D eigenvalue weighted by molar-refractivity contribution is 5.82. The number of carbonyl (C=O) groups is 1. The second-order valence-electron chi connectivity index (χ2n) is 9.11. The van der Waals surface area contributed by atoms with Crippen LogP contribution in [0.1, 0.15) is 56.0 Å². The number of methoxy groups -OCH3 is 1. The van der Waals surface area contributed by atoms with E-state index < -0.39 is 0 Å². The lowest BCUT2D eigenvalue weighted by molar-refractivity contribution is -0.134. The number of aromatic nitrogens is 2. The normalized spacial score (nSPS) is 20.7. The van der Waals surface area contributed by atoms with Gasteiger partial charge in [0.1, 0.15) is 0 Å². The molecule has 2 aliphatic heterocycles. The summed E-state index contributed by atoms with van der Waals surface area (Å²) in [5.41, 5.74) is 2.06. The standard InChI is InChI=1S/C27H32N4O4/c1-3-34-23-12-9-20(17-24(23)33-2)25-29-26(35-30-25)19-13-15-31(16-14-19)27(32)22-11-10-21(28-22)18-7-5-4-6-8-18/h4-9,12,17,19,21-22,28H,3,10-11,13-16H2,1-2H3/t21?,22-/m0/s1. The van der Waals surface area contributed by atoms with Gasteiger partial charge in [-0.15, -0.1) is 0 Å². The van der Waals surface area contributed by atoms with Gasteiger partial charge >= 0.3 is 0 Å². The molecule has 2 saturated heterocycles. The Bertz CT molecular complexity index is 1140. The molecule has 2 aliphatic rings. The van der Waals surface area contributed by atoms with Gasteiger partial charge in [-0.2, -0.15) is 4.98 Å². The van der Waals surface area contributed by atoms with Crippen molar-refractivity contribution in [3.05, 3.63) is 60.0 Å². The number of nitrogens with one attached hydrogen (secondary N) is 1. The molecule has 2 atom stereocenters. The van der Waals surface area contributed by atoms with Gasteiger partial charge < -0.3 is 18.9 Å². The number of hydrogen-bond acceptors (Lipinski definition) is 7. The lowest BCUT2D eigenvalue weighted by Crippen LogP contribution is -2.47. The third-order valence-corrected chi connectivity index (χ3v) is 6.97. The smallest absolute Gasteiger partial charge is 0.239 e. The molecule has 8 nitrogen and oxygen atoms in total. The molecule has 1 aromatic heterocycles. The Morgan fingerprint density at radius 3 is 2.63 bits per heavy atom. The zero-order valence-electron chi connectivity index (χ0n) is 20.3. The molecule has 5 rings (SSSR count). The molecular formula is C27H32N4O4. The van der Waals surface area contributed by atoms with E-state index in [1.165, 1.54) is 5.56 Å². The number of carbonyl (C=O) groups excluding carboxylic acids is 1. The van der Waals surface area contributed by atoms with Crippen LogP contribution in [0.2, 0.25) is 0 Å². The van der Waals surface area contributed by atoms with Gasteiger partial charge in [0.05, 0.1) is 19.8 Å². The molecule has 3 heterocycles. The zero-order valence-corrected chi connectivity index (χ0v) is 20.3. The highest BCUT2D eigenvalue weighted by Crippen LogP contribution is 2.34. The minimum absolute atomic E-state index is 0.110. The van der Waals surface area contributed by atoms with Crippen molar-refractivity contribution in [3.63, 3.8) is 0 Å². The van der Waals surface area contributed by atoms with Gasteiger partial charge in [-0.05, 0) is 56.4 Å². The average Bonchev–Trinajstić information content (AvgIpc) is 3.60. The van der Waals surface area contributed by atoms with Gasteiger partial charge in [0.15, 0.2) is 11.5 Å². The predicted molar refractivity (Wildman–Crippen MR) is 131 cm³/mol. The van der Waals surface area contributed by atoms with E-state index >= 15 is 0 Å². The SMILES string of the molecule is CCOc1ccc(-c2noc(C3CCN(C(=O)[C@@H]4CCC(c5ccccc5)N4)CC3)n2)cc1OC. The lowest BCUT2D eigenvalue weighted by atomic mass is 9.96. The molecule has 1 N–H and O–H groups in total. The summed E-state index contributed by atoms with van der Waals surface area (Å²) in [5, 5.41) is 7.73. The summed E-state index contributed by atoms with van der Waals surface area (Å²) in [6.45, 7) is 3.90. The number of likely N-dealkylation sites (tertiary alicyclic amines) is 1. The first kappa shape index (κ1) is 23.4. The molecule has 0 aliphatic carbocycles. The van der Waals surface area contributed by atoms with Crippen LogP contribution in [0, 0.1) is 0 Å². The van der Waals surface area contributed by atoms with Crippen LogP contribution in [0.25, 0.3) is 11.4 Å². The van der Waals surface area contributed by atoms with Crippen LogP contribution in [-0.2, 0) is 4.79 Å². The molecule has 2 aromatic carbocycles. The molecule has 1 unspecified atom stereocenters. The van der Waals surface area contributed by atoms with Crippen molar-refractivity contribution in [1.29, 1.82) is 0 Å². The summed E-state index contributed by atoms with van der Waals surface area (Å²) in [6, 6.07) is 16.1. The van der Waals surface area contributed by atoms with Crippen molar-refractivity contribution < 1.29 is 18.8 Å². The quantitative estimate of drug-likeness (QED) is 0.542. The topological polar surface area (TPSA) is 89.7 Å². The Labute approximate surface area is 205 Å². The van der Waals surface area contributed by atoms with Crippen LogP contribution < -0.4 is 14.8 Å². The fraction of sp³-hybridized carbons (Fsp3) is 0.444. The Hall–Kier alpha value is -3.39. The molecule has 0 bridgehead atoms. The monoisotopic (exact) mass is 476 g/mol. The summed E-state index contributed by atoms with van der Waals surface area (Å²) in [5.74, 6) is 2.84. The minimum atomic E-state index is -0.110. The summed E-state index contributed by atoms with van der Waals surface area (Å²) >= 11 is 0. The third kappa shape index (κ3) is 5.03. The van der Waals surface area contributed by atoms with E-state index in [-0.39, 0.29) is 23.9 Å². The summed E-state index contributed by atoms with van der Waals surface area (Å²) in [7, 11) is 1.61. The maximum Gasteiger partial charge on any atom is 0.239 e. The molecule has 35 heavy (non-hydrogen) atoms. The Morgan fingerprint density at radius 1 is 1.09 bits per heavy atom. The van der Waals surface area contributed by atoms with E-state index in [9.17, 15) is 4.79 Å². The molecule has 2 fully saturated rings. The van der Waals surface area contributed by atoms with Crippen LogP contribution in [0.3, 0.4) is 0 Å². The number of piperidine rings is 1. The highest BCUT2D eigenvalue weighted by atomic mass is 16.5. The van der Waals surface area contributed by atoms with Crippen molar-refractivity contribution in [3.8, 4) is 22.9 Å². The van der Waals surface area contributed by atoms with E-state index in [0.717, 1.165) is 31.2 Å². The number of nitrogens with zero attached hydrogens (tertiary/aromatic N) is 3. The molecule has 0 radical (unpaired) electrons. The number of ether oxygens (including phenoxy) is 2. The first-order valence-corrected chi connectivity index (χ1v) is 12.4. The fourth-order valence-corrected chi connectivity index (χ4v) is 5.05. The van der Waals surface area contributed by atoms with Gasteiger partial charge in [0, 0.05) is 30.6 Å². The molecule has 8 heteroatoms. The van der Waals surface area contributed by atoms with Crippen LogP contribution in [-0.4, -0.2) is 53.8 Å². The van der Waals surface area contributed by atoms with Gasteiger partial charge in [-0.25, -0.2) is 0 Å². The largest absolute Gasteiger partial charge is 0.493 e. The zero-order chi connectivity index (χ0) is 24.2. The molecule has 1 amide bonds. The summed E-state index contributed by atoms with van der Waals surface area (Å²) < 4.78 is 16.6. The minimum Gasteiger partial charge on any atom is -0.493 e. The van der Waals surface area contributed by atoms with Crippen molar-refractivity contribution in [2.24, 2.45) is 0 Å². The lowest BCUT2D eigenvalue weighted by Gasteiger charge is -2.32. The van der Waals surface area contributed by atoms with Crippen molar-refractivity contribution >= 4 is 5.91 Å². The average molecular weight is 477 g/mol. The number of amides is 1. The Kier molecular flexibility index (Phi) is 6.99. The second-order valence-corrected chi connectivity index (χ2v) is 9.11. The molecule has 3 aromatic rings. The van der Waals surface area contributed by atoms with E-state index in [4.69, 9.17) is 14.0 Å². The van der Waals surface area contributed by atoms with E-state index in [1.807, 2.05) is 48.2 Å². The fourth-order valence-electron chi connectivity index (χ4n) is 5.05. The van der Waals surface area contributed by atoms with Gasteiger partial charge in [-0.3, -0.25) is 10.1 Å². The Morgan fingerprint density at radius 2 is 1.89 bits per heavy atom. The van der Waals surface area contributed by atoms with Crippen molar-refractivity contribution in [2.45, 2.75) is 50.6 Å². The predicted octanol–water partition coefficient (Wildman–Crippen LogP) is 4.34. The van der Waals surface area contributed by atoms with Gasteiger partial charge in [0.2, 0.25) is 17.6 Å². The van der Waals surface area contributed by atoms with Crippen LogP contribution in [0.15, 0.2) is 53.1 Å². The maximum atomic E-state index is 13.1. The van der Waals surface area contributed by atoms with Crippen molar-refractivity contribution in [1.82, 2.24) is 20.4 Å².